The van der Waals surface area contributed by atoms with E-state index in [0.717, 1.165) is 0 Å². The number of nitrogens with zero attached hydrogens (tertiary/aromatic N) is 2. The van der Waals surface area contributed by atoms with Crippen LogP contribution in [0.3, 0.4) is 0 Å². The van der Waals surface area contributed by atoms with Gasteiger partial charge in [-0.05, 0) is 29.8 Å². The quantitative estimate of drug-likeness (QED) is 0.900. The van der Waals surface area contributed by atoms with E-state index in [1.54, 1.807) is 22.9 Å². The van der Waals surface area contributed by atoms with E-state index in [4.69, 9.17) is 10.4 Å². The topological polar surface area (TPSA) is 66.0 Å². The maximum absolute atomic E-state index is 13.5. The van der Waals surface area contributed by atoms with Gasteiger partial charge >= 0.3 is 5.97 Å². The number of hydrogen-bond acceptors (Lipinski definition) is 2. The van der Waals surface area contributed by atoms with Crippen LogP contribution < -0.4 is 0 Å². The number of rotatable bonds is 3. The van der Waals surface area contributed by atoms with Crippen LogP contribution in [0.1, 0.15) is 21.6 Å². The highest BCUT2D eigenvalue weighted by molar-refractivity contribution is 5.87. The van der Waals surface area contributed by atoms with Crippen molar-refractivity contribution in [2.45, 2.75) is 6.54 Å². The number of aromatic nitrogens is 1. The third-order valence-electron chi connectivity index (χ3n) is 2.56. The molecule has 18 heavy (non-hydrogen) atoms. The van der Waals surface area contributed by atoms with Crippen molar-refractivity contribution in [3.05, 3.63) is 59.2 Å². The van der Waals surface area contributed by atoms with Crippen LogP contribution in [0.15, 0.2) is 36.5 Å². The molecule has 0 aliphatic heterocycles. The Labute approximate surface area is 103 Å². The number of carbonyl (C=O) groups is 1. The maximum atomic E-state index is 13.5. The Morgan fingerprint density at radius 3 is 2.83 bits per heavy atom. The van der Waals surface area contributed by atoms with Gasteiger partial charge < -0.3 is 9.67 Å². The van der Waals surface area contributed by atoms with Crippen molar-refractivity contribution in [2.24, 2.45) is 0 Å². The molecule has 1 N–H and O–H groups in total. The molecule has 0 unspecified atom stereocenters. The van der Waals surface area contributed by atoms with Gasteiger partial charge in [-0.15, -0.1) is 0 Å². The van der Waals surface area contributed by atoms with Crippen molar-refractivity contribution < 1.29 is 14.3 Å². The third-order valence-corrected chi connectivity index (χ3v) is 2.56. The Balaban J connectivity index is 2.29. The van der Waals surface area contributed by atoms with E-state index in [-0.39, 0.29) is 5.56 Å². The monoisotopic (exact) mass is 244 g/mol. The number of nitriles is 1. The largest absolute Gasteiger partial charge is 0.478 e. The van der Waals surface area contributed by atoms with Crippen molar-refractivity contribution in [3.63, 3.8) is 0 Å². The van der Waals surface area contributed by atoms with E-state index in [2.05, 4.69) is 0 Å². The summed E-state index contributed by atoms with van der Waals surface area (Å²) < 4.78 is 15.1. The second kappa shape index (κ2) is 4.72. The second-order valence-corrected chi connectivity index (χ2v) is 3.75. The molecule has 5 heteroatoms. The fraction of sp³-hybridized carbons (Fsp3) is 0.0769. The molecule has 0 bridgehead atoms. The fourth-order valence-corrected chi connectivity index (χ4v) is 1.68. The Bertz CT molecular complexity index is 641. The molecule has 2 aromatic rings. The summed E-state index contributed by atoms with van der Waals surface area (Å²) in [5.41, 5.74) is 0.717. The Hall–Kier alpha value is -2.61. The summed E-state index contributed by atoms with van der Waals surface area (Å²) >= 11 is 0. The van der Waals surface area contributed by atoms with Gasteiger partial charge in [0, 0.05) is 12.7 Å². The molecule has 0 aliphatic carbocycles. The molecular weight excluding hydrogens is 235 g/mol. The molecule has 0 spiro atoms. The van der Waals surface area contributed by atoms with Gasteiger partial charge in [-0.3, -0.25) is 0 Å². The zero-order valence-corrected chi connectivity index (χ0v) is 9.30. The lowest BCUT2D eigenvalue weighted by molar-refractivity contribution is 0.0692. The van der Waals surface area contributed by atoms with Crippen LogP contribution in [0, 0.1) is 17.1 Å². The van der Waals surface area contributed by atoms with Crippen LogP contribution in [0.2, 0.25) is 0 Å². The minimum absolute atomic E-state index is 0.326. The minimum atomic E-state index is -1.29. The van der Waals surface area contributed by atoms with Gasteiger partial charge in [0.25, 0.3) is 0 Å². The summed E-state index contributed by atoms with van der Waals surface area (Å²) in [6.45, 7) is 0.326. The van der Waals surface area contributed by atoms with Gasteiger partial charge in [0.15, 0.2) is 0 Å². The van der Waals surface area contributed by atoms with Crippen molar-refractivity contribution >= 4 is 5.97 Å². The Morgan fingerprint density at radius 1 is 1.44 bits per heavy atom. The van der Waals surface area contributed by atoms with Crippen molar-refractivity contribution in [3.8, 4) is 6.07 Å². The molecule has 1 aromatic heterocycles. The molecular formula is C13H9FN2O2. The second-order valence-electron chi connectivity index (χ2n) is 3.75. The first-order valence-electron chi connectivity index (χ1n) is 5.19. The first-order valence-corrected chi connectivity index (χ1v) is 5.19. The molecule has 4 nitrogen and oxygen atoms in total. The highest BCUT2D eigenvalue weighted by Gasteiger charge is 2.10. The third kappa shape index (κ3) is 2.23. The van der Waals surface area contributed by atoms with Gasteiger partial charge in [-0.25, -0.2) is 9.18 Å². The van der Waals surface area contributed by atoms with Gasteiger partial charge in [0.05, 0.1) is 5.56 Å². The minimum Gasteiger partial charge on any atom is -0.478 e. The van der Waals surface area contributed by atoms with Gasteiger partial charge in [0.2, 0.25) is 0 Å². The molecule has 0 saturated heterocycles. The van der Waals surface area contributed by atoms with Crippen LogP contribution in [0.4, 0.5) is 4.39 Å². The van der Waals surface area contributed by atoms with Gasteiger partial charge in [-0.2, -0.15) is 5.26 Å². The standard InChI is InChI=1S/C13H9FN2O2/c14-12-6-9(3-4-11(12)13(17)18)8-16-5-1-2-10(16)7-15/h1-6H,8H2,(H,17,18). The van der Waals surface area contributed by atoms with E-state index in [1.165, 1.54) is 18.2 Å². The lowest BCUT2D eigenvalue weighted by Gasteiger charge is -2.06. The molecule has 0 atom stereocenters. The number of halogens is 1. The van der Waals surface area contributed by atoms with Gasteiger partial charge in [-0.1, -0.05) is 6.07 Å². The molecule has 0 radical (unpaired) electrons. The molecule has 2 rings (SSSR count). The SMILES string of the molecule is N#Cc1cccn1Cc1ccc(C(=O)O)c(F)c1. The normalized spacial score (nSPS) is 10.0. The molecule has 0 aliphatic rings. The maximum Gasteiger partial charge on any atom is 0.338 e. The lowest BCUT2D eigenvalue weighted by Crippen LogP contribution is -2.04. The lowest BCUT2D eigenvalue weighted by atomic mass is 10.1. The Morgan fingerprint density at radius 2 is 2.22 bits per heavy atom. The number of hydrogen-bond donors (Lipinski definition) is 1. The van der Waals surface area contributed by atoms with Crippen LogP contribution >= 0.6 is 0 Å². The van der Waals surface area contributed by atoms with Crippen LogP contribution in [-0.2, 0) is 6.54 Å². The van der Waals surface area contributed by atoms with Crippen molar-refractivity contribution in [1.29, 1.82) is 5.26 Å². The zero-order chi connectivity index (χ0) is 13.1. The molecule has 1 aromatic carbocycles. The first kappa shape index (κ1) is 11.9. The summed E-state index contributed by atoms with van der Waals surface area (Å²) in [7, 11) is 0. The molecule has 0 fully saturated rings. The summed E-state index contributed by atoms with van der Waals surface area (Å²) in [6.07, 6.45) is 1.71. The Kier molecular flexibility index (Phi) is 3.11. The average molecular weight is 244 g/mol. The van der Waals surface area contributed by atoms with E-state index >= 15 is 0 Å². The average Bonchev–Trinajstić information content (AvgIpc) is 2.76. The summed E-state index contributed by atoms with van der Waals surface area (Å²) in [5, 5.41) is 17.5. The van der Waals surface area contributed by atoms with E-state index in [9.17, 15) is 9.18 Å². The predicted octanol–water partition coefficient (Wildman–Crippen LogP) is 2.25. The highest BCUT2D eigenvalue weighted by atomic mass is 19.1. The number of aromatic carboxylic acids is 1. The van der Waals surface area contributed by atoms with E-state index in [1.807, 2.05) is 6.07 Å². The number of carboxylic acids is 1. The van der Waals surface area contributed by atoms with Crippen molar-refractivity contribution in [1.82, 2.24) is 4.57 Å². The van der Waals surface area contributed by atoms with Crippen molar-refractivity contribution in [2.75, 3.05) is 0 Å². The molecule has 0 saturated carbocycles. The van der Waals surface area contributed by atoms with Crippen LogP contribution in [-0.4, -0.2) is 15.6 Å². The first-order chi connectivity index (χ1) is 8.61. The van der Waals surface area contributed by atoms with Crippen LogP contribution in [0.25, 0.3) is 0 Å². The zero-order valence-electron chi connectivity index (χ0n) is 9.30. The molecule has 0 amide bonds. The predicted molar refractivity (Wildman–Crippen MR) is 61.6 cm³/mol. The summed E-state index contributed by atoms with van der Waals surface area (Å²) in [6, 6.07) is 9.32. The molecule has 1 heterocycles. The summed E-state index contributed by atoms with van der Waals surface area (Å²) in [4.78, 5) is 10.7. The van der Waals surface area contributed by atoms with Crippen LogP contribution in [0.5, 0.6) is 0 Å². The summed E-state index contributed by atoms with van der Waals surface area (Å²) in [5.74, 6) is -2.07. The van der Waals surface area contributed by atoms with E-state index in [0.29, 0.717) is 17.8 Å². The molecule has 90 valence electrons. The number of benzene rings is 1. The van der Waals surface area contributed by atoms with Gasteiger partial charge in [0.1, 0.15) is 17.6 Å². The fourth-order valence-electron chi connectivity index (χ4n) is 1.68. The van der Waals surface area contributed by atoms with E-state index < -0.39 is 11.8 Å². The smallest absolute Gasteiger partial charge is 0.338 e. The highest BCUT2D eigenvalue weighted by Crippen LogP contribution is 2.13. The number of carboxylic acid groups (broad SMARTS) is 1.